The summed E-state index contributed by atoms with van der Waals surface area (Å²) in [6.45, 7) is 1.01. The smallest absolute Gasteiger partial charge is 0.323 e. The van der Waals surface area contributed by atoms with Gasteiger partial charge in [-0.15, -0.1) is 0 Å². The first-order valence-corrected chi connectivity index (χ1v) is 12.5. The maximum absolute atomic E-state index is 12.4. The topological polar surface area (TPSA) is 166 Å². The quantitative estimate of drug-likeness (QED) is 0.311. The van der Waals surface area contributed by atoms with E-state index in [9.17, 15) is 27.9 Å². The molecule has 1 aliphatic heterocycles. The number of carboxylic acids is 1. The van der Waals surface area contributed by atoms with Crippen LogP contribution in [0.15, 0.2) is 64.5 Å². The molecule has 0 saturated heterocycles. The lowest BCUT2D eigenvalue weighted by atomic mass is 10.1. The van der Waals surface area contributed by atoms with Crippen molar-refractivity contribution < 1.29 is 27.9 Å². The number of aryl methyl sites for hydroxylation is 1. The van der Waals surface area contributed by atoms with Crippen LogP contribution in [0.1, 0.15) is 28.8 Å². The predicted octanol–water partition coefficient (Wildman–Crippen LogP) is 0.246. The largest absolute Gasteiger partial charge is 0.480 e. The normalized spacial score (nSPS) is 14.2. The SMILES string of the molecule is O=C(CCc1ccc(C(=O)NC[C@H](NS(=O)(=O)c2ccccc2)C(=O)O)cc1)NC1=NCCCN1. The first kappa shape index (κ1) is 25.8. The number of amides is 2. The van der Waals surface area contributed by atoms with Crippen LogP contribution < -0.4 is 20.7 Å². The van der Waals surface area contributed by atoms with E-state index in [0.717, 1.165) is 18.5 Å². The van der Waals surface area contributed by atoms with Gasteiger partial charge in [0.2, 0.25) is 15.9 Å². The zero-order valence-corrected chi connectivity index (χ0v) is 19.7. The maximum Gasteiger partial charge on any atom is 0.323 e. The van der Waals surface area contributed by atoms with Gasteiger partial charge in [0.15, 0.2) is 5.96 Å². The molecule has 2 aromatic carbocycles. The van der Waals surface area contributed by atoms with E-state index in [1.54, 1.807) is 30.3 Å². The number of rotatable bonds is 10. The molecule has 1 aliphatic rings. The Labute approximate surface area is 203 Å². The van der Waals surface area contributed by atoms with Crippen LogP contribution in [0.4, 0.5) is 0 Å². The number of nitrogens with zero attached hydrogens (tertiary/aromatic N) is 1. The Kier molecular flexibility index (Phi) is 8.92. The van der Waals surface area contributed by atoms with E-state index in [1.807, 2.05) is 0 Å². The van der Waals surface area contributed by atoms with Crippen LogP contribution in [0, 0.1) is 0 Å². The maximum atomic E-state index is 12.4. The monoisotopic (exact) mass is 501 g/mol. The number of sulfonamides is 1. The fraction of sp³-hybridized carbons (Fsp3) is 0.304. The molecule has 0 spiro atoms. The van der Waals surface area contributed by atoms with Crippen molar-refractivity contribution in [3.05, 3.63) is 65.7 Å². The Balaban J connectivity index is 1.50. The van der Waals surface area contributed by atoms with Crippen LogP contribution in [0.3, 0.4) is 0 Å². The van der Waals surface area contributed by atoms with Crippen LogP contribution in [-0.2, 0) is 26.0 Å². The lowest BCUT2D eigenvalue weighted by Crippen LogP contribution is -2.48. The molecule has 2 amide bonds. The number of nitrogens with one attached hydrogen (secondary N) is 4. The summed E-state index contributed by atoms with van der Waals surface area (Å²) in [5, 5.41) is 17.6. The molecule has 0 unspecified atom stereocenters. The van der Waals surface area contributed by atoms with Gasteiger partial charge >= 0.3 is 5.97 Å². The van der Waals surface area contributed by atoms with Gasteiger partial charge in [-0.05, 0) is 42.7 Å². The molecular formula is C23H27N5O6S. The van der Waals surface area contributed by atoms with Crippen molar-refractivity contribution >= 4 is 33.8 Å². The third-order valence-corrected chi connectivity index (χ3v) is 6.62. The molecule has 1 heterocycles. The van der Waals surface area contributed by atoms with E-state index in [4.69, 9.17) is 0 Å². The summed E-state index contributed by atoms with van der Waals surface area (Å²) >= 11 is 0. The van der Waals surface area contributed by atoms with Gasteiger partial charge in [-0.3, -0.25) is 24.7 Å². The van der Waals surface area contributed by atoms with Gasteiger partial charge < -0.3 is 15.7 Å². The van der Waals surface area contributed by atoms with Crippen LogP contribution in [-0.4, -0.2) is 62.9 Å². The Morgan fingerprint density at radius 3 is 2.40 bits per heavy atom. The fourth-order valence-corrected chi connectivity index (χ4v) is 4.43. The summed E-state index contributed by atoms with van der Waals surface area (Å²) in [4.78, 5) is 40.1. The first-order valence-electron chi connectivity index (χ1n) is 11.0. The summed E-state index contributed by atoms with van der Waals surface area (Å²) < 4.78 is 26.9. The second kappa shape index (κ2) is 12.1. The molecule has 1 atom stereocenters. The summed E-state index contributed by atoms with van der Waals surface area (Å²) in [7, 11) is -4.07. The Bertz CT molecular complexity index is 1180. The van der Waals surface area contributed by atoms with Crippen molar-refractivity contribution in [1.82, 2.24) is 20.7 Å². The van der Waals surface area contributed by atoms with Gasteiger partial charge in [-0.2, -0.15) is 4.72 Å². The average molecular weight is 502 g/mol. The average Bonchev–Trinajstić information content (AvgIpc) is 2.86. The highest BCUT2D eigenvalue weighted by atomic mass is 32.2. The standard InChI is InChI=1S/C23H27N5O6S/c29-20(27-23-24-13-4-14-25-23)12-9-16-7-10-17(11-8-16)21(30)26-15-19(22(31)32)28-35(33,34)18-5-2-1-3-6-18/h1-3,5-8,10-11,19,28H,4,9,12-15H2,(H,26,30)(H,31,32)(H2,24,25,27,29)/t19-/m0/s1. The van der Waals surface area contributed by atoms with Crippen molar-refractivity contribution in [2.75, 3.05) is 19.6 Å². The summed E-state index contributed by atoms with van der Waals surface area (Å²) in [5.41, 5.74) is 1.11. The van der Waals surface area contributed by atoms with E-state index < -0.39 is 34.5 Å². The number of hydrogen-bond donors (Lipinski definition) is 5. The van der Waals surface area contributed by atoms with E-state index in [1.165, 1.54) is 24.3 Å². The Hall–Kier alpha value is -3.77. The summed E-state index contributed by atoms with van der Waals surface area (Å²) in [5.74, 6) is -1.66. The van der Waals surface area contributed by atoms with Gasteiger partial charge in [-0.1, -0.05) is 30.3 Å². The number of carbonyl (C=O) groups is 3. The van der Waals surface area contributed by atoms with Crippen molar-refractivity contribution in [1.29, 1.82) is 0 Å². The number of carboxylic acid groups (broad SMARTS) is 1. The molecule has 0 radical (unpaired) electrons. The highest BCUT2D eigenvalue weighted by Gasteiger charge is 2.26. The van der Waals surface area contributed by atoms with Crippen molar-refractivity contribution in [2.24, 2.45) is 4.99 Å². The molecule has 0 fully saturated rings. The molecular weight excluding hydrogens is 474 g/mol. The van der Waals surface area contributed by atoms with Crippen LogP contribution in [0.25, 0.3) is 0 Å². The molecule has 11 nitrogen and oxygen atoms in total. The second-order valence-corrected chi connectivity index (χ2v) is 9.50. The van der Waals surface area contributed by atoms with E-state index >= 15 is 0 Å². The zero-order valence-electron chi connectivity index (χ0n) is 18.9. The van der Waals surface area contributed by atoms with E-state index in [2.05, 4.69) is 25.7 Å². The molecule has 3 rings (SSSR count). The third-order valence-electron chi connectivity index (χ3n) is 5.13. The molecule has 0 aliphatic carbocycles. The van der Waals surface area contributed by atoms with E-state index in [-0.39, 0.29) is 22.8 Å². The minimum Gasteiger partial charge on any atom is -0.480 e. The van der Waals surface area contributed by atoms with Crippen molar-refractivity contribution in [3.8, 4) is 0 Å². The first-order chi connectivity index (χ1) is 16.7. The van der Waals surface area contributed by atoms with Crippen LogP contribution >= 0.6 is 0 Å². The highest BCUT2D eigenvalue weighted by molar-refractivity contribution is 7.89. The minimum absolute atomic E-state index is 0.0789. The second-order valence-electron chi connectivity index (χ2n) is 7.79. The Morgan fingerprint density at radius 2 is 1.77 bits per heavy atom. The number of benzene rings is 2. The molecule has 12 heteroatoms. The van der Waals surface area contributed by atoms with Crippen LogP contribution in [0.2, 0.25) is 0 Å². The van der Waals surface area contributed by atoms with Gasteiger partial charge in [0.25, 0.3) is 5.91 Å². The van der Waals surface area contributed by atoms with Crippen molar-refractivity contribution in [2.45, 2.75) is 30.2 Å². The number of aliphatic imine (C=N–C) groups is 1. The lowest BCUT2D eigenvalue weighted by Gasteiger charge is -2.16. The molecule has 0 aromatic heterocycles. The molecule has 35 heavy (non-hydrogen) atoms. The molecule has 186 valence electrons. The summed E-state index contributed by atoms with van der Waals surface area (Å²) in [6, 6.07) is 12.3. The van der Waals surface area contributed by atoms with Gasteiger partial charge in [-0.25, -0.2) is 8.42 Å². The highest BCUT2D eigenvalue weighted by Crippen LogP contribution is 2.09. The number of carbonyl (C=O) groups excluding carboxylic acids is 2. The number of guanidine groups is 1. The van der Waals surface area contributed by atoms with Crippen LogP contribution in [0.5, 0.6) is 0 Å². The number of hydrogen-bond acceptors (Lipinski definition) is 7. The third kappa shape index (κ3) is 7.90. The molecule has 5 N–H and O–H groups in total. The fourth-order valence-electron chi connectivity index (χ4n) is 3.22. The van der Waals surface area contributed by atoms with Gasteiger partial charge in [0.05, 0.1) is 4.90 Å². The lowest BCUT2D eigenvalue weighted by molar-refractivity contribution is -0.138. The Morgan fingerprint density at radius 1 is 1.06 bits per heavy atom. The summed E-state index contributed by atoms with van der Waals surface area (Å²) in [6.07, 6.45) is 1.64. The zero-order chi connectivity index (χ0) is 25.3. The van der Waals surface area contributed by atoms with Gasteiger partial charge in [0, 0.05) is 31.6 Å². The molecule has 2 aromatic rings. The van der Waals surface area contributed by atoms with Gasteiger partial charge in [0.1, 0.15) is 6.04 Å². The van der Waals surface area contributed by atoms with Crippen molar-refractivity contribution in [3.63, 3.8) is 0 Å². The number of aliphatic carboxylic acids is 1. The minimum atomic E-state index is -4.07. The predicted molar refractivity (Wildman–Crippen MR) is 128 cm³/mol. The molecule has 0 saturated carbocycles. The molecule has 0 bridgehead atoms. The van der Waals surface area contributed by atoms with E-state index in [0.29, 0.717) is 18.9 Å².